The second-order valence-electron chi connectivity index (χ2n) is 16.3. The lowest BCUT2D eigenvalue weighted by atomic mass is 9.77. The Morgan fingerprint density at radius 3 is 2.31 bits per heavy atom. The maximum Gasteiger partial charge on any atom is 0.237 e. The molecule has 1 aliphatic carbocycles. The van der Waals surface area contributed by atoms with Gasteiger partial charge in [-0.05, 0) is 56.1 Å². The van der Waals surface area contributed by atoms with Crippen LogP contribution >= 0.6 is 0 Å². The molecule has 12 nitrogen and oxygen atoms in total. The van der Waals surface area contributed by atoms with Crippen molar-refractivity contribution in [1.29, 1.82) is 0 Å². The number of rotatable bonds is 14. The van der Waals surface area contributed by atoms with Crippen molar-refractivity contribution in [2.24, 2.45) is 17.3 Å². The largest absolute Gasteiger partial charge is 0.497 e. The predicted molar refractivity (Wildman–Crippen MR) is 210 cm³/mol. The molecule has 0 bridgehead atoms. The first-order valence-corrected chi connectivity index (χ1v) is 21.1. The van der Waals surface area contributed by atoms with Crippen molar-refractivity contribution in [2.75, 3.05) is 26.7 Å². The molecule has 55 heavy (non-hydrogen) atoms. The number of nitrogens with one attached hydrogen (secondary N) is 1. The van der Waals surface area contributed by atoms with E-state index in [0.717, 1.165) is 30.2 Å². The number of aromatic nitrogens is 1. The predicted octanol–water partition coefficient (Wildman–Crippen LogP) is 5.92. The molecular weight excluding hydrogens is 721 g/mol. The average Bonchev–Trinajstić information content (AvgIpc) is 3.96. The van der Waals surface area contributed by atoms with Crippen molar-refractivity contribution >= 4 is 44.4 Å². The van der Waals surface area contributed by atoms with E-state index < -0.39 is 50.6 Å². The lowest BCUT2D eigenvalue weighted by Crippen LogP contribution is -2.49. The molecule has 6 rings (SSSR count). The van der Waals surface area contributed by atoms with E-state index in [9.17, 15) is 27.6 Å². The number of nitrogens with zero attached hydrogens (tertiary/aromatic N) is 3. The SMILES string of the molecule is CC[C@H](CC(=O)[C@@H]1C[C@@H](Oc2cc(-c3ccccc3)nc3cc(OC)ccc23)CN1C(=O)[C@@H](CC(=O)N1CCCCC1)C(C)(C)C)C(=O)NS(=O)(=O)C1CC1. The Morgan fingerprint density at radius 2 is 1.67 bits per heavy atom. The number of fused-ring (bicyclic) bond motifs is 1. The van der Waals surface area contributed by atoms with Crippen LogP contribution in [0.2, 0.25) is 0 Å². The van der Waals surface area contributed by atoms with Gasteiger partial charge < -0.3 is 19.3 Å². The third kappa shape index (κ3) is 9.48. The molecule has 2 aromatic carbocycles. The Hall–Kier alpha value is -4.52. The quantitative estimate of drug-likeness (QED) is 0.211. The second-order valence-corrected chi connectivity index (χ2v) is 18.2. The van der Waals surface area contributed by atoms with Crippen LogP contribution in [0.15, 0.2) is 54.6 Å². The number of amides is 3. The number of carbonyl (C=O) groups is 4. The molecule has 13 heteroatoms. The molecule has 3 fully saturated rings. The smallest absolute Gasteiger partial charge is 0.237 e. The minimum Gasteiger partial charge on any atom is -0.497 e. The van der Waals surface area contributed by atoms with E-state index >= 15 is 0 Å². The number of sulfonamides is 1. The number of methoxy groups -OCH3 is 1. The van der Waals surface area contributed by atoms with Gasteiger partial charge in [0, 0.05) is 61.4 Å². The fourth-order valence-electron chi connectivity index (χ4n) is 7.67. The molecule has 0 unspecified atom stereocenters. The Balaban J connectivity index is 1.31. The minimum atomic E-state index is -3.80. The van der Waals surface area contributed by atoms with Gasteiger partial charge in [0.25, 0.3) is 0 Å². The molecular formula is C42H54N4O8S. The highest BCUT2D eigenvalue weighted by Crippen LogP contribution is 2.38. The standard InChI is InChI=1S/C42H54N4O8S/c1-6-27(40(49)44-55(51,52)31-16-17-31)21-37(47)36-23-30(26-46(36)41(50)33(42(2,3)4)24-39(48)45-19-11-8-12-20-45)54-38-25-34(28-13-9-7-10-14-28)43-35-22-29(53-5)15-18-32(35)38/h7,9-10,13-15,18,22,25,27,30-31,33,36H,6,8,11-12,16-17,19-21,23-24,26H2,1-5H3,(H,44,49)/t27-,30-,33-,36+/m1/s1. The summed E-state index contributed by atoms with van der Waals surface area (Å²) < 4.78 is 39.6. The van der Waals surface area contributed by atoms with Gasteiger partial charge in [-0.2, -0.15) is 0 Å². The number of carbonyl (C=O) groups excluding carboxylic acids is 4. The summed E-state index contributed by atoms with van der Waals surface area (Å²) in [7, 11) is -2.21. The van der Waals surface area contributed by atoms with Gasteiger partial charge in [0.2, 0.25) is 27.7 Å². The zero-order chi connectivity index (χ0) is 39.5. The number of Topliss-reactive ketones (excluding diaryl/α,β-unsaturated/α-hetero) is 1. The van der Waals surface area contributed by atoms with Crippen molar-refractivity contribution in [3.63, 3.8) is 0 Å². The van der Waals surface area contributed by atoms with Gasteiger partial charge in [0.05, 0.1) is 42.1 Å². The second kappa shape index (κ2) is 16.7. The number of hydrogen-bond acceptors (Lipinski definition) is 9. The molecule has 3 aliphatic rings. The van der Waals surface area contributed by atoms with Gasteiger partial charge in [-0.15, -0.1) is 0 Å². The van der Waals surface area contributed by atoms with Gasteiger partial charge >= 0.3 is 0 Å². The van der Waals surface area contributed by atoms with Crippen molar-refractivity contribution in [3.05, 3.63) is 54.6 Å². The van der Waals surface area contributed by atoms with Crippen LogP contribution in [0.5, 0.6) is 11.5 Å². The zero-order valence-electron chi connectivity index (χ0n) is 32.6. The Kier molecular flexibility index (Phi) is 12.2. The van der Waals surface area contributed by atoms with E-state index in [2.05, 4.69) is 4.72 Å². The van der Waals surface area contributed by atoms with Crippen LogP contribution in [0.4, 0.5) is 0 Å². The summed E-state index contributed by atoms with van der Waals surface area (Å²) in [5.41, 5.74) is 1.60. The van der Waals surface area contributed by atoms with E-state index in [1.165, 1.54) is 0 Å². The fourth-order valence-corrected chi connectivity index (χ4v) is 9.04. The molecule has 296 valence electrons. The van der Waals surface area contributed by atoms with Gasteiger partial charge in [-0.25, -0.2) is 13.4 Å². The van der Waals surface area contributed by atoms with E-state index in [1.807, 2.05) is 80.3 Å². The number of likely N-dealkylation sites (tertiary alicyclic amines) is 2. The van der Waals surface area contributed by atoms with Crippen molar-refractivity contribution in [1.82, 2.24) is 19.5 Å². The van der Waals surface area contributed by atoms with Gasteiger partial charge in [-0.1, -0.05) is 58.0 Å². The lowest BCUT2D eigenvalue weighted by Gasteiger charge is -2.36. The number of ketones is 1. The summed E-state index contributed by atoms with van der Waals surface area (Å²) in [6, 6.07) is 16.1. The molecule has 2 saturated heterocycles. The van der Waals surface area contributed by atoms with Gasteiger partial charge in [0.15, 0.2) is 5.78 Å². The maximum absolute atomic E-state index is 14.8. The summed E-state index contributed by atoms with van der Waals surface area (Å²) in [4.78, 5) is 64.2. The molecule has 3 amide bonds. The number of piperidine rings is 1. The topological polar surface area (TPSA) is 152 Å². The minimum absolute atomic E-state index is 0.0154. The van der Waals surface area contributed by atoms with E-state index in [-0.39, 0.29) is 49.8 Å². The van der Waals surface area contributed by atoms with E-state index in [1.54, 1.807) is 18.9 Å². The number of pyridine rings is 1. The molecule has 1 saturated carbocycles. The van der Waals surface area contributed by atoms with Crippen LogP contribution in [0, 0.1) is 17.3 Å². The van der Waals surface area contributed by atoms with Crippen molar-refractivity contribution in [2.45, 2.75) is 103 Å². The number of hydrogen-bond donors (Lipinski definition) is 1. The third-order valence-corrected chi connectivity index (χ3v) is 13.0. The summed E-state index contributed by atoms with van der Waals surface area (Å²) in [5.74, 6) is -1.91. The first-order chi connectivity index (χ1) is 26.2. The van der Waals surface area contributed by atoms with Crippen LogP contribution in [-0.2, 0) is 29.2 Å². The highest BCUT2D eigenvalue weighted by atomic mass is 32.2. The first-order valence-electron chi connectivity index (χ1n) is 19.6. The highest BCUT2D eigenvalue weighted by molar-refractivity contribution is 7.90. The van der Waals surface area contributed by atoms with Crippen LogP contribution in [0.3, 0.4) is 0 Å². The molecule has 0 radical (unpaired) electrons. The van der Waals surface area contributed by atoms with Crippen LogP contribution in [-0.4, -0.2) is 90.8 Å². The third-order valence-electron chi connectivity index (χ3n) is 11.2. The van der Waals surface area contributed by atoms with Crippen LogP contribution < -0.4 is 14.2 Å². The summed E-state index contributed by atoms with van der Waals surface area (Å²) >= 11 is 0. The molecule has 2 aliphatic heterocycles. The fraction of sp³-hybridized carbons (Fsp3) is 0.548. The molecule has 4 atom stereocenters. The summed E-state index contributed by atoms with van der Waals surface area (Å²) in [5, 5.41) is 0.146. The van der Waals surface area contributed by atoms with Crippen LogP contribution in [0.1, 0.15) is 85.5 Å². The number of ether oxygens (including phenoxy) is 2. The average molecular weight is 775 g/mol. The van der Waals surface area contributed by atoms with Gasteiger partial charge in [-0.3, -0.25) is 23.9 Å². The van der Waals surface area contributed by atoms with E-state index in [0.29, 0.717) is 48.6 Å². The summed E-state index contributed by atoms with van der Waals surface area (Å²) in [6.07, 6.45) is 3.48. The number of benzene rings is 2. The zero-order valence-corrected chi connectivity index (χ0v) is 33.4. The van der Waals surface area contributed by atoms with Gasteiger partial charge in [0.1, 0.15) is 17.6 Å². The molecule has 0 spiro atoms. The maximum atomic E-state index is 14.8. The molecule has 3 aromatic rings. The monoisotopic (exact) mass is 774 g/mol. The lowest BCUT2D eigenvalue weighted by molar-refractivity contribution is -0.148. The Bertz CT molecular complexity index is 2000. The molecule has 1 aromatic heterocycles. The van der Waals surface area contributed by atoms with Crippen LogP contribution in [0.25, 0.3) is 22.2 Å². The molecule has 3 heterocycles. The molecule has 1 N–H and O–H groups in total. The Labute approximate surface area is 324 Å². The van der Waals surface area contributed by atoms with Crippen molar-refractivity contribution < 1.29 is 37.1 Å². The normalized spacial score (nSPS) is 20.2. The van der Waals surface area contributed by atoms with Crippen molar-refractivity contribution in [3.8, 4) is 22.8 Å². The highest BCUT2D eigenvalue weighted by Gasteiger charge is 2.47. The Morgan fingerprint density at radius 1 is 0.964 bits per heavy atom. The first kappa shape index (κ1) is 40.2. The van der Waals surface area contributed by atoms with E-state index in [4.69, 9.17) is 14.5 Å². The summed E-state index contributed by atoms with van der Waals surface area (Å²) in [6.45, 7) is 8.94.